The van der Waals surface area contributed by atoms with Gasteiger partial charge in [-0.1, -0.05) is 198 Å². The standard InChI is InChI=1S/C26H23BrFN3.C26H22BrFN2O3S.C25H20BrFN2O.C23H26BFO3/c1-29-15-7-3-4-8-18-9-5-6-10-21(18)19-11-13-22(24(28)16-19)26-23-14-12-20(27)17-25(23)31(2)30-26;1-30-25-17-20(27)12-14-23(25)26(29-30)22-13-11-19(16-24(22)28)21-10-6-5-9-18(21)8-4-3-7-15-33-34(2,31)32;1-29-24-16-19(26)11-13-22(24)25(28-29)21-12-10-18(15-23(21)27)20-9-5-4-8-17(20)7-3-2-6-14-30;1-22(2)23(3,4)28-24(27-22)20-14-13-18(16-21(20)25)19-12-8-7-11-17(19)10-6-5-9-15-26/h5-6,9-14,16-17,29H,3,7,15H2,1-2H3;5-6,9-14,16-17H,3,7,15H2,1-2H3;4-5,8-13,15-16,30H,2,6,14H2,1H3;7-8,11-14,16,26H,5,9,15H2,1-4H3. The molecule has 123 heavy (non-hydrogen) atoms. The number of nitrogens with zero attached hydrogens (tertiary/aromatic N) is 6. The molecule has 626 valence electrons. The van der Waals surface area contributed by atoms with E-state index >= 15 is 13.2 Å². The maximum atomic E-state index is 15.3. The number of unbranched alkanes of at least 4 members (excludes halogenated alkanes) is 4. The average Bonchev–Trinajstić information content (AvgIpc) is 1.55. The Balaban J connectivity index is 0.000000150. The summed E-state index contributed by atoms with van der Waals surface area (Å²) >= 11 is 10.4. The maximum absolute atomic E-state index is 15.3. The predicted octanol–water partition coefficient (Wildman–Crippen LogP) is 21.9. The lowest BCUT2D eigenvalue weighted by Crippen LogP contribution is -2.41. The summed E-state index contributed by atoms with van der Waals surface area (Å²) < 4.78 is 108. The Morgan fingerprint density at radius 3 is 1.04 bits per heavy atom. The van der Waals surface area contributed by atoms with Gasteiger partial charge in [-0.2, -0.15) is 23.7 Å². The van der Waals surface area contributed by atoms with E-state index in [-0.39, 0.29) is 43.1 Å². The van der Waals surface area contributed by atoms with Gasteiger partial charge in [-0.15, -0.1) is 0 Å². The minimum absolute atomic E-state index is 0.0982. The van der Waals surface area contributed by atoms with Crippen LogP contribution in [0.15, 0.2) is 238 Å². The van der Waals surface area contributed by atoms with Crippen molar-refractivity contribution in [3.63, 3.8) is 0 Å². The molecule has 4 heterocycles. The van der Waals surface area contributed by atoms with Gasteiger partial charge in [0.15, 0.2) is 0 Å². The number of rotatable bonds is 19. The molecule has 15 rings (SSSR count). The van der Waals surface area contributed by atoms with Gasteiger partial charge in [0, 0.05) is 134 Å². The smallest absolute Gasteiger partial charge is 0.399 e. The summed E-state index contributed by atoms with van der Waals surface area (Å²) in [5, 5.41) is 37.3. The molecule has 1 fully saturated rings. The van der Waals surface area contributed by atoms with Gasteiger partial charge in [-0.05, 0) is 233 Å². The second-order valence-corrected chi connectivity index (χ2v) is 34.6. The Labute approximate surface area is 742 Å². The Bertz CT molecular complexity index is 6590. The highest BCUT2D eigenvalue weighted by molar-refractivity contribution is 9.11. The summed E-state index contributed by atoms with van der Waals surface area (Å²) in [6, 6.07) is 69.2. The molecule has 0 bridgehead atoms. The summed E-state index contributed by atoms with van der Waals surface area (Å²) in [6.45, 7) is 9.10. The first-order valence-electron chi connectivity index (χ1n) is 40.1. The van der Waals surface area contributed by atoms with Crippen LogP contribution in [0.5, 0.6) is 0 Å². The average molecular weight is 1860 g/mol. The van der Waals surface area contributed by atoms with Gasteiger partial charge >= 0.3 is 7.12 Å². The molecule has 0 spiro atoms. The van der Waals surface area contributed by atoms with E-state index < -0.39 is 28.4 Å². The van der Waals surface area contributed by atoms with Crippen LogP contribution in [0.2, 0.25) is 0 Å². The lowest BCUT2D eigenvalue weighted by molar-refractivity contribution is 0.00578. The zero-order valence-electron chi connectivity index (χ0n) is 69.6. The fourth-order valence-corrected chi connectivity index (χ4v) is 15.3. The number of aliphatic hydroxyl groups is 2. The van der Waals surface area contributed by atoms with Crippen molar-refractivity contribution in [3.05, 3.63) is 283 Å². The van der Waals surface area contributed by atoms with Crippen LogP contribution in [-0.2, 0) is 44.8 Å². The van der Waals surface area contributed by atoms with Gasteiger partial charge in [-0.25, -0.2) is 17.6 Å². The molecule has 11 aromatic carbocycles. The van der Waals surface area contributed by atoms with E-state index in [2.05, 4.69) is 116 Å². The zero-order valence-corrected chi connectivity index (χ0v) is 75.2. The van der Waals surface area contributed by atoms with Crippen LogP contribution >= 0.6 is 47.8 Å². The van der Waals surface area contributed by atoms with Crippen molar-refractivity contribution < 1.29 is 49.7 Å². The van der Waals surface area contributed by atoms with Crippen molar-refractivity contribution in [1.29, 1.82) is 0 Å². The highest BCUT2D eigenvalue weighted by atomic mass is 79.9. The summed E-state index contributed by atoms with van der Waals surface area (Å²) in [7, 11) is 3.34. The number of halogens is 7. The highest BCUT2D eigenvalue weighted by Gasteiger charge is 2.52. The van der Waals surface area contributed by atoms with Crippen LogP contribution in [0, 0.1) is 70.6 Å². The van der Waals surface area contributed by atoms with Crippen molar-refractivity contribution >= 4 is 103 Å². The van der Waals surface area contributed by atoms with E-state index in [1.165, 1.54) is 12.1 Å². The van der Waals surface area contributed by atoms with Crippen molar-refractivity contribution in [1.82, 2.24) is 34.7 Å². The summed E-state index contributed by atoms with van der Waals surface area (Å²) in [5.41, 5.74) is 15.4. The zero-order chi connectivity index (χ0) is 87.5. The normalized spacial score (nSPS) is 12.5. The summed E-state index contributed by atoms with van der Waals surface area (Å²) in [5.74, 6) is 23.7. The van der Waals surface area contributed by atoms with E-state index in [0.717, 1.165) is 139 Å². The molecule has 14 aromatic rings. The topological polar surface area (TPSA) is 168 Å². The van der Waals surface area contributed by atoms with E-state index in [1.807, 2.05) is 238 Å². The number of aromatic nitrogens is 6. The molecule has 14 nitrogen and oxygen atoms in total. The minimum atomic E-state index is -3.44. The Morgan fingerprint density at radius 1 is 0.423 bits per heavy atom. The van der Waals surface area contributed by atoms with Gasteiger partial charge in [0.25, 0.3) is 10.1 Å². The Morgan fingerprint density at radius 2 is 0.732 bits per heavy atom. The molecule has 0 aliphatic carbocycles. The lowest BCUT2D eigenvalue weighted by Gasteiger charge is -2.32. The first kappa shape index (κ1) is 91.2. The van der Waals surface area contributed by atoms with Crippen LogP contribution in [0.3, 0.4) is 0 Å². The van der Waals surface area contributed by atoms with Gasteiger partial charge in [-0.3, -0.25) is 18.2 Å². The molecule has 0 amide bonds. The maximum Gasteiger partial charge on any atom is 0.497 e. The minimum Gasteiger partial charge on any atom is -0.399 e. The number of nitrogens with one attached hydrogen (secondary N) is 1. The number of hydrogen-bond acceptors (Lipinski definition) is 11. The van der Waals surface area contributed by atoms with E-state index in [1.54, 1.807) is 44.4 Å². The third kappa shape index (κ3) is 22.9. The van der Waals surface area contributed by atoms with Gasteiger partial charge in [0.05, 0.1) is 40.6 Å². The van der Waals surface area contributed by atoms with Crippen molar-refractivity contribution in [2.75, 3.05) is 39.7 Å². The SMILES string of the molecule is CC1(C)OB(c2ccc(-c3ccccc3C#CCCCO)cc2F)OC1(C)C.CNCCCC#Cc1ccccc1-c1ccc(-c2nn(C)c3cc(Br)ccc23)c(F)c1.Cn1nc(-c2ccc(-c3ccccc3C#CCCCO)cc2F)c2ccc(Br)cc21.Cn1nc(-c2ccc(-c3ccccc3C#CCCCOS(C)(=O)=O)cc2F)c2ccc(Br)cc21. The predicted molar refractivity (Wildman–Crippen MR) is 499 cm³/mol. The quantitative estimate of drug-likeness (QED) is 0.0232. The summed E-state index contributed by atoms with van der Waals surface area (Å²) in [4.78, 5) is 0. The van der Waals surface area contributed by atoms with E-state index in [9.17, 15) is 12.8 Å². The molecule has 0 saturated carbocycles. The number of fused-ring (bicyclic) bond motifs is 3. The number of aliphatic hydroxyl groups excluding tert-OH is 2. The second-order valence-electron chi connectivity index (χ2n) is 30.2. The van der Waals surface area contributed by atoms with Crippen LogP contribution in [0.1, 0.15) is 101 Å². The van der Waals surface area contributed by atoms with Gasteiger partial charge < -0.3 is 24.8 Å². The van der Waals surface area contributed by atoms with Crippen LogP contribution in [0.25, 0.3) is 111 Å². The van der Waals surface area contributed by atoms with Gasteiger partial charge in [0.2, 0.25) is 0 Å². The lowest BCUT2D eigenvalue weighted by atomic mass is 9.78. The Hall–Kier alpha value is -11.0. The molecule has 3 N–H and O–H groups in total. The Kier molecular flexibility index (Phi) is 31.1. The third-order valence-electron chi connectivity index (χ3n) is 20.9. The van der Waals surface area contributed by atoms with Crippen LogP contribution in [0.4, 0.5) is 17.6 Å². The molecule has 0 unspecified atom stereocenters. The molecule has 0 atom stereocenters. The molecule has 1 aliphatic heterocycles. The van der Waals surface area contributed by atoms with E-state index in [4.69, 9.17) is 23.7 Å². The third-order valence-corrected chi connectivity index (χ3v) is 22.9. The van der Waals surface area contributed by atoms with Crippen LogP contribution < -0.4 is 10.8 Å². The molecule has 3 aromatic heterocycles. The monoisotopic (exact) mass is 1860 g/mol. The first-order valence-corrected chi connectivity index (χ1v) is 44.3. The van der Waals surface area contributed by atoms with Crippen LogP contribution in [-0.4, -0.2) is 106 Å². The fourth-order valence-electron chi connectivity index (χ4n) is 13.8. The van der Waals surface area contributed by atoms with Gasteiger partial charge in [0.1, 0.15) is 40.4 Å². The molecular formula is C100H91BBr3F4N7O7S. The number of hydrogen-bond donors (Lipinski definition) is 3. The summed E-state index contributed by atoms with van der Waals surface area (Å²) in [6.07, 6.45) is 6.38. The number of benzene rings is 11. The van der Waals surface area contributed by atoms with E-state index in [0.29, 0.717) is 77.8 Å². The number of aryl methyl sites for hydroxylation is 3. The molecule has 1 saturated heterocycles. The highest BCUT2D eigenvalue weighted by Crippen LogP contribution is 2.41. The van der Waals surface area contributed by atoms with Crippen molar-refractivity contribution in [2.45, 2.75) is 90.3 Å². The molecule has 23 heteroatoms. The first-order chi connectivity index (χ1) is 59.1. The molecule has 1 aliphatic rings. The molecule has 0 radical (unpaired) electrons. The fraction of sp³-hybridized carbons (Fsp3) is 0.230. The van der Waals surface area contributed by atoms with Crippen molar-refractivity contribution in [2.24, 2.45) is 21.1 Å². The largest absolute Gasteiger partial charge is 0.497 e. The van der Waals surface area contributed by atoms with Crippen molar-refractivity contribution in [3.8, 4) is 126 Å². The second kappa shape index (κ2) is 41.9. The molecular weight excluding hydrogens is 1770 g/mol.